The standard InChI is InChI=1S/C10H17ClN4O/c1-15(2)4-6-16-5-3-13-10-8-12-7-9(11)14-10/h7-8H,3-6H2,1-2H3,(H,13,14). The van der Waals surface area contributed by atoms with Crippen LogP contribution in [0.4, 0.5) is 5.82 Å². The Kier molecular flexibility index (Phi) is 6.07. The van der Waals surface area contributed by atoms with Crippen LogP contribution in [-0.4, -0.2) is 55.3 Å². The molecule has 90 valence electrons. The van der Waals surface area contributed by atoms with Crippen molar-refractivity contribution in [1.82, 2.24) is 14.9 Å². The fourth-order valence-corrected chi connectivity index (χ4v) is 1.18. The second-order valence-electron chi connectivity index (χ2n) is 3.57. The fraction of sp³-hybridized carbons (Fsp3) is 0.600. The van der Waals surface area contributed by atoms with Crippen LogP contribution in [0.2, 0.25) is 5.15 Å². The third-order valence-electron chi connectivity index (χ3n) is 1.84. The Labute approximate surface area is 101 Å². The summed E-state index contributed by atoms with van der Waals surface area (Å²) in [5, 5.41) is 3.46. The molecule has 0 atom stereocenters. The number of anilines is 1. The van der Waals surface area contributed by atoms with E-state index in [1.54, 1.807) is 6.20 Å². The Morgan fingerprint density at radius 2 is 2.19 bits per heavy atom. The number of hydrogen-bond acceptors (Lipinski definition) is 5. The van der Waals surface area contributed by atoms with Gasteiger partial charge in [0, 0.05) is 13.1 Å². The highest BCUT2D eigenvalue weighted by Gasteiger charge is 1.95. The molecule has 0 saturated heterocycles. The van der Waals surface area contributed by atoms with Crippen LogP contribution in [0.1, 0.15) is 0 Å². The van der Waals surface area contributed by atoms with Crippen LogP contribution in [-0.2, 0) is 4.74 Å². The minimum Gasteiger partial charge on any atom is -0.378 e. The monoisotopic (exact) mass is 244 g/mol. The van der Waals surface area contributed by atoms with Crippen molar-refractivity contribution in [1.29, 1.82) is 0 Å². The Balaban J connectivity index is 2.07. The molecule has 0 aliphatic carbocycles. The van der Waals surface area contributed by atoms with Gasteiger partial charge in [-0.3, -0.25) is 4.98 Å². The second-order valence-corrected chi connectivity index (χ2v) is 3.96. The Morgan fingerprint density at radius 3 is 2.88 bits per heavy atom. The van der Waals surface area contributed by atoms with E-state index in [0.29, 0.717) is 24.1 Å². The predicted molar refractivity (Wildman–Crippen MR) is 64.9 cm³/mol. The number of halogens is 1. The summed E-state index contributed by atoms with van der Waals surface area (Å²) in [5.41, 5.74) is 0. The molecular formula is C10H17ClN4O. The van der Waals surface area contributed by atoms with Gasteiger partial charge in [-0.15, -0.1) is 0 Å². The number of aromatic nitrogens is 2. The summed E-state index contributed by atoms with van der Waals surface area (Å²) in [5.74, 6) is 0.670. The van der Waals surface area contributed by atoms with Crippen LogP contribution in [0.15, 0.2) is 12.4 Å². The molecule has 0 saturated carbocycles. The molecule has 1 heterocycles. The topological polar surface area (TPSA) is 50.3 Å². The Bertz CT molecular complexity index is 309. The zero-order chi connectivity index (χ0) is 11.8. The van der Waals surface area contributed by atoms with E-state index < -0.39 is 0 Å². The third-order valence-corrected chi connectivity index (χ3v) is 2.02. The zero-order valence-electron chi connectivity index (χ0n) is 9.61. The summed E-state index contributed by atoms with van der Waals surface area (Å²) in [6.07, 6.45) is 3.13. The van der Waals surface area contributed by atoms with Crippen LogP contribution >= 0.6 is 11.6 Å². The third kappa shape index (κ3) is 5.85. The minimum absolute atomic E-state index is 0.388. The molecule has 0 aliphatic heterocycles. The fourth-order valence-electron chi connectivity index (χ4n) is 1.03. The molecule has 1 rings (SSSR count). The average Bonchev–Trinajstić information content (AvgIpc) is 2.23. The highest BCUT2D eigenvalue weighted by atomic mass is 35.5. The minimum atomic E-state index is 0.388. The lowest BCUT2D eigenvalue weighted by Crippen LogP contribution is -2.20. The lowest BCUT2D eigenvalue weighted by molar-refractivity contribution is 0.126. The predicted octanol–water partition coefficient (Wildman–Crippen LogP) is 1.12. The molecule has 0 fully saturated rings. The first-order valence-electron chi connectivity index (χ1n) is 5.12. The van der Waals surface area contributed by atoms with Gasteiger partial charge in [0.05, 0.1) is 25.6 Å². The van der Waals surface area contributed by atoms with E-state index in [9.17, 15) is 0 Å². The van der Waals surface area contributed by atoms with E-state index in [1.807, 2.05) is 14.1 Å². The molecule has 0 aliphatic rings. The molecule has 0 radical (unpaired) electrons. The normalized spacial score (nSPS) is 10.8. The maximum absolute atomic E-state index is 5.69. The van der Waals surface area contributed by atoms with Crippen LogP contribution < -0.4 is 5.32 Å². The highest BCUT2D eigenvalue weighted by molar-refractivity contribution is 6.29. The van der Waals surface area contributed by atoms with E-state index >= 15 is 0 Å². The van der Waals surface area contributed by atoms with Crippen molar-refractivity contribution in [2.75, 3.05) is 45.7 Å². The molecule has 1 aromatic rings. The summed E-state index contributed by atoms with van der Waals surface area (Å²) in [6, 6.07) is 0. The summed E-state index contributed by atoms with van der Waals surface area (Å²) in [4.78, 5) is 10.0. The van der Waals surface area contributed by atoms with Crippen molar-refractivity contribution in [2.24, 2.45) is 0 Å². The molecule has 0 aromatic carbocycles. The van der Waals surface area contributed by atoms with Crippen molar-refractivity contribution in [3.05, 3.63) is 17.5 Å². The van der Waals surface area contributed by atoms with Gasteiger partial charge in [0.2, 0.25) is 0 Å². The maximum Gasteiger partial charge on any atom is 0.149 e. The summed E-state index contributed by atoms with van der Waals surface area (Å²) in [6.45, 7) is 3.00. The van der Waals surface area contributed by atoms with Crippen LogP contribution in [0.25, 0.3) is 0 Å². The molecule has 0 bridgehead atoms. The summed E-state index contributed by atoms with van der Waals surface area (Å²) >= 11 is 5.69. The molecule has 16 heavy (non-hydrogen) atoms. The van der Waals surface area contributed by atoms with E-state index in [2.05, 4.69) is 20.2 Å². The Hall–Kier alpha value is -0.910. The summed E-state index contributed by atoms with van der Waals surface area (Å²) in [7, 11) is 4.03. The van der Waals surface area contributed by atoms with E-state index in [0.717, 1.165) is 13.2 Å². The molecule has 1 N–H and O–H groups in total. The first-order chi connectivity index (χ1) is 7.68. The van der Waals surface area contributed by atoms with Crippen molar-refractivity contribution in [3.63, 3.8) is 0 Å². The molecular weight excluding hydrogens is 228 g/mol. The number of ether oxygens (including phenoxy) is 1. The van der Waals surface area contributed by atoms with Gasteiger partial charge in [0.15, 0.2) is 0 Å². The van der Waals surface area contributed by atoms with Gasteiger partial charge in [-0.2, -0.15) is 0 Å². The van der Waals surface area contributed by atoms with Gasteiger partial charge in [0.1, 0.15) is 11.0 Å². The smallest absolute Gasteiger partial charge is 0.149 e. The number of nitrogens with one attached hydrogen (secondary N) is 1. The van der Waals surface area contributed by atoms with Gasteiger partial charge in [-0.05, 0) is 14.1 Å². The van der Waals surface area contributed by atoms with E-state index in [1.165, 1.54) is 6.20 Å². The lowest BCUT2D eigenvalue weighted by atomic mass is 10.6. The first kappa shape index (κ1) is 13.2. The van der Waals surface area contributed by atoms with Crippen LogP contribution in [0.5, 0.6) is 0 Å². The van der Waals surface area contributed by atoms with Crippen molar-refractivity contribution < 1.29 is 4.74 Å². The van der Waals surface area contributed by atoms with E-state index in [-0.39, 0.29) is 0 Å². The molecule has 1 aromatic heterocycles. The number of likely N-dealkylation sites (N-methyl/N-ethyl adjacent to an activating group) is 1. The van der Waals surface area contributed by atoms with Gasteiger partial charge in [0.25, 0.3) is 0 Å². The van der Waals surface area contributed by atoms with Gasteiger partial charge in [-0.1, -0.05) is 11.6 Å². The first-order valence-corrected chi connectivity index (χ1v) is 5.50. The molecule has 0 amide bonds. The van der Waals surface area contributed by atoms with Crippen molar-refractivity contribution >= 4 is 17.4 Å². The van der Waals surface area contributed by atoms with Crippen molar-refractivity contribution in [3.8, 4) is 0 Å². The molecule has 0 spiro atoms. The van der Waals surface area contributed by atoms with Gasteiger partial charge < -0.3 is 15.0 Å². The van der Waals surface area contributed by atoms with Crippen LogP contribution in [0.3, 0.4) is 0 Å². The number of rotatable bonds is 7. The molecule has 0 unspecified atom stereocenters. The van der Waals surface area contributed by atoms with Gasteiger partial charge in [-0.25, -0.2) is 4.98 Å². The number of nitrogens with zero attached hydrogens (tertiary/aromatic N) is 3. The average molecular weight is 245 g/mol. The summed E-state index contributed by atoms with van der Waals surface area (Å²) < 4.78 is 5.41. The largest absolute Gasteiger partial charge is 0.378 e. The maximum atomic E-state index is 5.69. The van der Waals surface area contributed by atoms with E-state index in [4.69, 9.17) is 16.3 Å². The SMILES string of the molecule is CN(C)CCOCCNc1cncc(Cl)n1. The molecule has 6 heteroatoms. The second kappa shape index (κ2) is 7.38. The Morgan fingerprint density at radius 1 is 1.38 bits per heavy atom. The quantitative estimate of drug-likeness (QED) is 0.729. The number of hydrogen-bond donors (Lipinski definition) is 1. The van der Waals surface area contributed by atoms with Gasteiger partial charge >= 0.3 is 0 Å². The van der Waals surface area contributed by atoms with Crippen molar-refractivity contribution in [2.45, 2.75) is 0 Å². The van der Waals surface area contributed by atoms with Crippen LogP contribution in [0, 0.1) is 0 Å². The highest BCUT2D eigenvalue weighted by Crippen LogP contribution is 2.05. The lowest BCUT2D eigenvalue weighted by Gasteiger charge is -2.10. The zero-order valence-corrected chi connectivity index (χ0v) is 10.4. The molecule has 5 nitrogen and oxygen atoms in total.